The molecule has 4 heteroatoms. The molecule has 0 spiro atoms. The first kappa shape index (κ1) is 15.3. The zero-order valence-corrected chi connectivity index (χ0v) is 13.2. The SMILES string of the molecule is CC(=O)Oc1cccc(/C=C/c2ccc3cc(Cl)ccc3n2)c1. The van der Waals surface area contributed by atoms with E-state index in [9.17, 15) is 4.79 Å². The predicted octanol–water partition coefficient (Wildman–Crippen LogP) is 4.98. The summed E-state index contributed by atoms with van der Waals surface area (Å²) in [5.74, 6) is 0.196. The molecule has 0 saturated carbocycles. The highest BCUT2D eigenvalue weighted by molar-refractivity contribution is 6.31. The summed E-state index contributed by atoms with van der Waals surface area (Å²) in [5.41, 5.74) is 2.67. The summed E-state index contributed by atoms with van der Waals surface area (Å²) in [4.78, 5) is 15.6. The van der Waals surface area contributed by atoms with Crippen LogP contribution in [0.3, 0.4) is 0 Å². The lowest BCUT2D eigenvalue weighted by Gasteiger charge is -2.02. The highest BCUT2D eigenvalue weighted by Gasteiger charge is 1.99. The number of rotatable bonds is 3. The maximum absolute atomic E-state index is 11.0. The van der Waals surface area contributed by atoms with E-state index in [2.05, 4.69) is 4.98 Å². The Morgan fingerprint density at radius 3 is 2.78 bits per heavy atom. The minimum absolute atomic E-state index is 0.332. The van der Waals surface area contributed by atoms with Crippen LogP contribution >= 0.6 is 11.6 Å². The van der Waals surface area contributed by atoms with E-state index in [0.717, 1.165) is 22.2 Å². The Bertz CT molecular complexity index is 903. The third kappa shape index (κ3) is 3.96. The van der Waals surface area contributed by atoms with E-state index in [1.165, 1.54) is 6.92 Å². The summed E-state index contributed by atoms with van der Waals surface area (Å²) in [6.07, 6.45) is 3.85. The first-order valence-corrected chi connectivity index (χ1v) is 7.51. The molecule has 0 aliphatic rings. The van der Waals surface area contributed by atoms with Crippen LogP contribution in [-0.2, 0) is 4.79 Å². The lowest BCUT2D eigenvalue weighted by Crippen LogP contribution is -2.00. The maximum Gasteiger partial charge on any atom is 0.308 e. The summed E-state index contributed by atoms with van der Waals surface area (Å²) < 4.78 is 5.07. The molecule has 0 aliphatic heterocycles. The molecule has 3 rings (SSSR count). The standard InChI is InChI=1S/C19H14ClNO2/c1-13(22)23-18-4-2-3-14(11-18)5-8-17-9-6-15-12-16(20)7-10-19(15)21-17/h2-12H,1H3/b8-5+. The molecule has 2 aromatic carbocycles. The highest BCUT2D eigenvalue weighted by Crippen LogP contribution is 2.19. The van der Waals surface area contributed by atoms with Gasteiger partial charge in [0.2, 0.25) is 0 Å². The van der Waals surface area contributed by atoms with Crippen LogP contribution < -0.4 is 4.74 Å². The van der Waals surface area contributed by atoms with Crippen molar-refractivity contribution in [3.63, 3.8) is 0 Å². The van der Waals surface area contributed by atoms with Crippen molar-refractivity contribution < 1.29 is 9.53 Å². The number of hydrogen-bond donors (Lipinski definition) is 0. The van der Waals surface area contributed by atoms with Gasteiger partial charge in [0.25, 0.3) is 0 Å². The van der Waals surface area contributed by atoms with Crippen molar-refractivity contribution in [1.29, 1.82) is 0 Å². The lowest BCUT2D eigenvalue weighted by atomic mass is 10.1. The van der Waals surface area contributed by atoms with Gasteiger partial charge in [-0.15, -0.1) is 0 Å². The summed E-state index contributed by atoms with van der Waals surface area (Å²) >= 11 is 5.97. The number of fused-ring (bicyclic) bond motifs is 1. The van der Waals surface area contributed by atoms with Crippen molar-refractivity contribution in [3.05, 3.63) is 70.9 Å². The second-order valence-electron chi connectivity index (χ2n) is 5.07. The summed E-state index contributed by atoms with van der Waals surface area (Å²) in [7, 11) is 0. The molecule has 0 N–H and O–H groups in total. The molecule has 3 aromatic rings. The van der Waals surface area contributed by atoms with Crippen molar-refractivity contribution in [3.8, 4) is 5.75 Å². The number of esters is 1. The number of ether oxygens (including phenoxy) is 1. The second-order valence-corrected chi connectivity index (χ2v) is 5.51. The van der Waals surface area contributed by atoms with Gasteiger partial charge >= 0.3 is 5.97 Å². The fourth-order valence-corrected chi connectivity index (χ4v) is 2.41. The van der Waals surface area contributed by atoms with Gasteiger partial charge in [0.1, 0.15) is 5.75 Å². The molecular formula is C19H14ClNO2. The molecular weight excluding hydrogens is 310 g/mol. The summed E-state index contributed by atoms with van der Waals surface area (Å²) in [5, 5.41) is 1.70. The van der Waals surface area contributed by atoms with Crippen molar-refractivity contribution >= 4 is 40.6 Å². The van der Waals surface area contributed by atoms with Crippen LogP contribution in [0.25, 0.3) is 23.1 Å². The second kappa shape index (κ2) is 6.63. The number of pyridine rings is 1. The van der Waals surface area contributed by atoms with E-state index in [1.54, 1.807) is 12.1 Å². The first-order valence-electron chi connectivity index (χ1n) is 7.13. The van der Waals surface area contributed by atoms with Crippen LogP contribution in [-0.4, -0.2) is 11.0 Å². The Morgan fingerprint density at radius 2 is 1.96 bits per heavy atom. The van der Waals surface area contributed by atoms with Gasteiger partial charge in [0.05, 0.1) is 11.2 Å². The molecule has 0 fully saturated rings. The van der Waals surface area contributed by atoms with Gasteiger partial charge in [0, 0.05) is 17.3 Å². The minimum atomic E-state index is -0.332. The number of carbonyl (C=O) groups excluding carboxylic acids is 1. The Hall–Kier alpha value is -2.65. The van der Waals surface area contributed by atoms with Gasteiger partial charge in [-0.2, -0.15) is 0 Å². The monoisotopic (exact) mass is 323 g/mol. The molecule has 114 valence electrons. The molecule has 0 unspecified atom stereocenters. The number of carbonyl (C=O) groups is 1. The Kier molecular flexibility index (Phi) is 4.40. The molecule has 1 heterocycles. The van der Waals surface area contributed by atoms with E-state index >= 15 is 0 Å². The smallest absolute Gasteiger partial charge is 0.308 e. The van der Waals surface area contributed by atoms with Gasteiger partial charge in [-0.3, -0.25) is 4.79 Å². The van der Waals surface area contributed by atoms with Crippen molar-refractivity contribution in [2.45, 2.75) is 6.92 Å². The van der Waals surface area contributed by atoms with Crippen molar-refractivity contribution in [2.24, 2.45) is 0 Å². The summed E-state index contributed by atoms with van der Waals surface area (Å²) in [6.45, 7) is 1.38. The minimum Gasteiger partial charge on any atom is -0.427 e. The van der Waals surface area contributed by atoms with Crippen LogP contribution in [0.5, 0.6) is 5.75 Å². The van der Waals surface area contributed by atoms with Gasteiger partial charge in [-0.25, -0.2) is 4.98 Å². The van der Waals surface area contributed by atoms with Crippen LogP contribution in [0.4, 0.5) is 0 Å². The topological polar surface area (TPSA) is 39.2 Å². The Balaban J connectivity index is 1.85. The van der Waals surface area contributed by atoms with E-state index in [-0.39, 0.29) is 5.97 Å². The average Bonchev–Trinajstić information content (AvgIpc) is 2.52. The quantitative estimate of drug-likeness (QED) is 0.504. The number of benzene rings is 2. The maximum atomic E-state index is 11.0. The van der Waals surface area contributed by atoms with E-state index in [0.29, 0.717) is 10.8 Å². The van der Waals surface area contributed by atoms with E-state index < -0.39 is 0 Å². The Morgan fingerprint density at radius 1 is 1.09 bits per heavy atom. The zero-order valence-electron chi connectivity index (χ0n) is 12.5. The summed E-state index contributed by atoms with van der Waals surface area (Å²) in [6, 6.07) is 16.9. The molecule has 0 saturated heterocycles. The number of halogens is 1. The number of nitrogens with zero attached hydrogens (tertiary/aromatic N) is 1. The van der Waals surface area contributed by atoms with Crippen LogP contribution in [0.2, 0.25) is 5.02 Å². The van der Waals surface area contributed by atoms with Gasteiger partial charge in [-0.1, -0.05) is 35.9 Å². The number of aromatic nitrogens is 1. The van der Waals surface area contributed by atoms with Gasteiger partial charge < -0.3 is 4.74 Å². The third-order valence-corrected chi connectivity index (χ3v) is 3.47. The zero-order chi connectivity index (χ0) is 16.2. The molecule has 0 atom stereocenters. The van der Waals surface area contributed by atoms with E-state index in [1.807, 2.05) is 54.6 Å². The molecule has 23 heavy (non-hydrogen) atoms. The fourth-order valence-electron chi connectivity index (χ4n) is 2.23. The van der Waals surface area contributed by atoms with Crippen LogP contribution in [0.1, 0.15) is 18.2 Å². The van der Waals surface area contributed by atoms with Crippen LogP contribution in [0, 0.1) is 0 Å². The molecule has 0 aliphatic carbocycles. The first-order chi connectivity index (χ1) is 11.1. The highest BCUT2D eigenvalue weighted by atomic mass is 35.5. The predicted molar refractivity (Wildman–Crippen MR) is 93.4 cm³/mol. The van der Waals surface area contributed by atoms with Gasteiger partial charge in [0.15, 0.2) is 0 Å². The van der Waals surface area contributed by atoms with Crippen molar-refractivity contribution in [2.75, 3.05) is 0 Å². The molecule has 1 aromatic heterocycles. The van der Waals surface area contributed by atoms with Crippen molar-refractivity contribution in [1.82, 2.24) is 4.98 Å². The fraction of sp³-hybridized carbons (Fsp3) is 0.0526. The average molecular weight is 324 g/mol. The largest absolute Gasteiger partial charge is 0.427 e. The molecule has 3 nitrogen and oxygen atoms in total. The van der Waals surface area contributed by atoms with Crippen LogP contribution in [0.15, 0.2) is 54.6 Å². The van der Waals surface area contributed by atoms with E-state index in [4.69, 9.17) is 16.3 Å². The lowest BCUT2D eigenvalue weighted by molar-refractivity contribution is -0.131. The molecule has 0 bridgehead atoms. The normalized spacial score (nSPS) is 11.0. The van der Waals surface area contributed by atoms with Gasteiger partial charge in [-0.05, 0) is 48.0 Å². The molecule has 0 amide bonds. The Labute approximate surface area is 139 Å². The molecule has 0 radical (unpaired) electrons. The number of hydrogen-bond acceptors (Lipinski definition) is 3. The third-order valence-electron chi connectivity index (χ3n) is 3.24.